The lowest BCUT2D eigenvalue weighted by molar-refractivity contribution is -0.129. The van der Waals surface area contributed by atoms with Gasteiger partial charge in [-0.1, -0.05) is 93.6 Å². The van der Waals surface area contributed by atoms with Crippen molar-refractivity contribution >= 4 is 57.7 Å². The molecule has 1 aliphatic heterocycles. The predicted octanol–water partition coefficient (Wildman–Crippen LogP) is 6.18. The van der Waals surface area contributed by atoms with Crippen molar-refractivity contribution in [1.29, 1.82) is 0 Å². The number of Topliss-reactive ketones (excluding diaryl/α,β-unsaturated/α-hetero) is 1. The van der Waals surface area contributed by atoms with Gasteiger partial charge in [-0.15, -0.1) is 0 Å². The van der Waals surface area contributed by atoms with E-state index in [9.17, 15) is 14.4 Å². The van der Waals surface area contributed by atoms with Crippen molar-refractivity contribution in [3.8, 4) is 0 Å². The molecule has 0 aromatic heterocycles. The van der Waals surface area contributed by atoms with Gasteiger partial charge < -0.3 is 25.8 Å². The van der Waals surface area contributed by atoms with E-state index in [1.54, 1.807) is 0 Å². The van der Waals surface area contributed by atoms with E-state index in [1.807, 2.05) is 142 Å². The first-order chi connectivity index (χ1) is 22.5. The van der Waals surface area contributed by atoms with Gasteiger partial charge in [-0.2, -0.15) is 0 Å². The van der Waals surface area contributed by atoms with Crippen LogP contribution in [0.2, 0.25) is 0 Å². The normalized spacial score (nSPS) is 15.2. The minimum absolute atomic E-state index is 0.0856. The number of anilines is 4. The zero-order valence-corrected chi connectivity index (χ0v) is 28.0. The monoisotopic (exact) mass is 647 g/mol. The fourth-order valence-electron chi connectivity index (χ4n) is 5.43. The average molecular weight is 648 g/mol. The number of nitrogens with zero attached hydrogens (tertiary/aromatic N) is 2. The van der Waals surface area contributed by atoms with Gasteiger partial charge >= 0.3 is 0 Å². The smallest absolute Gasteiger partial charge is 0.251 e. The topological polar surface area (TPSA) is 93.8 Å². The number of hydrogen-bond acceptors (Lipinski definition) is 5. The van der Waals surface area contributed by atoms with E-state index in [4.69, 9.17) is 12.2 Å². The molecule has 0 bridgehead atoms. The van der Waals surface area contributed by atoms with E-state index in [2.05, 4.69) is 16.0 Å². The summed E-state index contributed by atoms with van der Waals surface area (Å²) in [5.41, 5.74) is 4.27. The summed E-state index contributed by atoms with van der Waals surface area (Å²) in [6, 6.07) is 33.0. The number of ketones is 1. The van der Waals surface area contributed by atoms with Crippen LogP contribution in [0.3, 0.4) is 0 Å². The molecule has 1 heterocycles. The molecular weight excluding hydrogens is 607 g/mol. The van der Waals surface area contributed by atoms with Crippen LogP contribution in [0.4, 0.5) is 22.7 Å². The molecule has 1 aliphatic rings. The lowest BCUT2D eigenvalue weighted by atomic mass is 9.90. The van der Waals surface area contributed by atoms with E-state index < -0.39 is 17.5 Å². The molecule has 9 heteroatoms. The number of para-hydroxylation sites is 2. The van der Waals surface area contributed by atoms with Crippen LogP contribution in [-0.2, 0) is 20.8 Å². The number of amides is 2. The Morgan fingerprint density at radius 2 is 1.49 bits per heavy atom. The minimum Gasteiger partial charge on any atom is -0.350 e. The highest BCUT2D eigenvalue weighted by molar-refractivity contribution is 7.80. The fraction of sp³-hybridized carbons (Fsp3) is 0.263. The summed E-state index contributed by atoms with van der Waals surface area (Å²) >= 11 is 5.62. The molecule has 0 radical (unpaired) electrons. The zero-order valence-electron chi connectivity index (χ0n) is 27.2. The quantitative estimate of drug-likeness (QED) is 0.187. The summed E-state index contributed by atoms with van der Waals surface area (Å²) in [6.45, 7) is 7.53. The van der Waals surface area contributed by atoms with E-state index in [1.165, 1.54) is 4.90 Å². The summed E-state index contributed by atoms with van der Waals surface area (Å²) in [6.07, 6.45) is 0.332. The van der Waals surface area contributed by atoms with Crippen molar-refractivity contribution in [2.75, 3.05) is 28.2 Å². The van der Waals surface area contributed by atoms with Crippen molar-refractivity contribution in [1.82, 2.24) is 10.6 Å². The zero-order chi connectivity index (χ0) is 33.6. The molecule has 2 atom stereocenters. The molecule has 4 aromatic rings. The molecule has 0 aliphatic carbocycles. The van der Waals surface area contributed by atoms with Gasteiger partial charge in [-0.25, -0.2) is 0 Å². The molecule has 0 spiro atoms. The van der Waals surface area contributed by atoms with Crippen LogP contribution >= 0.6 is 12.2 Å². The second kappa shape index (κ2) is 14.6. The molecular formula is C38H41N5O3S. The van der Waals surface area contributed by atoms with E-state index >= 15 is 0 Å². The van der Waals surface area contributed by atoms with Gasteiger partial charge in [0.25, 0.3) is 5.91 Å². The molecule has 242 valence electrons. The Kier molecular flexibility index (Phi) is 10.4. The van der Waals surface area contributed by atoms with E-state index in [0.29, 0.717) is 12.1 Å². The van der Waals surface area contributed by atoms with Gasteiger partial charge in [0.2, 0.25) is 5.91 Å². The molecule has 0 fully saturated rings. The van der Waals surface area contributed by atoms with Crippen molar-refractivity contribution < 1.29 is 14.4 Å². The van der Waals surface area contributed by atoms with Gasteiger partial charge in [0.15, 0.2) is 10.9 Å². The number of carbonyl (C=O) groups excluding carboxylic acids is 3. The lowest BCUT2D eigenvalue weighted by Gasteiger charge is -2.29. The van der Waals surface area contributed by atoms with Gasteiger partial charge in [0, 0.05) is 23.2 Å². The number of thiocarbonyl (C=S) groups is 1. The Morgan fingerprint density at radius 3 is 2.13 bits per heavy atom. The van der Waals surface area contributed by atoms with Crippen molar-refractivity contribution in [2.45, 2.75) is 46.2 Å². The maximum atomic E-state index is 14.5. The third kappa shape index (κ3) is 8.42. The molecule has 8 nitrogen and oxygen atoms in total. The third-order valence-corrected chi connectivity index (χ3v) is 8.32. The second-order valence-corrected chi connectivity index (χ2v) is 13.2. The Labute approximate surface area is 282 Å². The van der Waals surface area contributed by atoms with Crippen LogP contribution in [0, 0.1) is 12.3 Å². The first kappa shape index (κ1) is 33.3. The highest BCUT2D eigenvalue weighted by Crippen LogP contribution is 2.38. The molecule has 4 aromatic carbocycles. The maximum absolute atomic E-state index is 14.5. The summed E-state index contributed by atoms with van der Waals surface area (Å²) in [7, 11) is 0. The number of nitrogens with one attached hydrogen (secondary N) is 3. The van der Waals surface area contributed by atoms with Crippen molar-refractivity contribution in [3.05, 3.63) is 120 Å². The number of aryl methyl sites for hydroxylation is 1. The Hall–Kier alpha value is -5.02. The molecule has 1 unspecified atom stereocenters. The van der Waals surface area contributed by atoms with Gasteiger partial charge in [-0.05, 0) is 66.7 Å². The Bertz CT molecular complexity index is 1720. The van der Waals surface area contributed by atoms with Crippen LogP contribution in [-0.4, -0.2) is 47.9 Å². The number of rotatable bonds is 9. The second-order valence-electron chi connectivity index (χ2n) is 12.8. The summed E-state index contributed by atoms with van der Waals surface area (Å²) in [5, 5.41) is 9.66. The SMILES string of the molecule is Cc1ccc2c(c1)N(CC(=O)C(C)(C)C)C(=O)C(NC(=O)[C@H](Cc1ccccc1)NC(=S)Nc1ccccc1)CN2c1ccccc1. The highest BCUT2D eigenvalue weighted by atomic mass is 32.1. The van der Waals surface area contributed by atoms with Crippen molar-refractivity contribution in [3.63, 3.8) is 0 Å². The lowest BCUT2D eigenvalue weighted by Crippen LogP contribution is -2.58. The summed E-state index contributed by atoms with van der Waals surface area (Å²) in [5.74, 6) is -0.830. The summed E-state index contributed by atoms with van der Waals surface area (Å²) in [4.78, 5) is 45.7. The van der Waals surface area contributed by atoms with Crippen LogP contribution in [0.25, 0.3) is 0 Å². The van der Waals surface area contributed by atoms with E-state index in [-0.39, 0.29) is 35.8 Å². The van der Waals surface area contributed by atoms with E-state index in [0.717, 1.165) is 28.2 Å². The third-order valence-electron chi connectivity index (χ3n) is 8.10. The summed E-state index contributed by atoms with van der Waals surface area (Å²) < 4.78 is 0. The Morgan fingerprint density at radius 1 is 0.872 bits per heavy atom. The number of carbonyl (C=O) groups is 3. The molecule has 47 heavy (non-hydrogen) atoms. The number of fused-ring (bicyclic) bond motifs is 1. The van der Waals surface area contributed by atoms with Gasteiger partial charge in [-0.3, -0.25) is 14.4 Å². The van der Waals surface area contributed by atoms with Gasteiger partial charge in [0.1, 0.15) is 12.1 Å². The largest absolute Gasteiger partial charge is 0.350 e. The molecule has 0 saturated carbocycles. The average Bonchev–Trinajstić information content (AvgIpc) is 3.15. The first-order valence-electron chi connectivity index (χ1n) is 15.7. The molecule has 3 N–H and O–H groups in total. The highest BCUT2D eigenvalue weighted by Gasteiger charge is 2.38. The molecule has 2 amide bonds. The maximum Gasteiger partial charge on any atom is 0.251 e. The van der Waals surface area contributed by atoms with Crippen LogP contribution in [0.5, 0.6) is 0 Å². The standard InChI is InChI=1S/C38H41N5O3S/c1-26-20-21-32-33(22-26)43(25-34(44)38(2,3)4)36(46)31(24-42(32)29-18-12-7-13-19-29)40-35(45)30(23-27-14-8-5-9-15-27)41-37(47)39-28-16-10-6-11-17-28/h5-22,30-31H,23-25H2,1-4H3,(H,40,45)(H2,39,41,47)/t30-,31?/m0/s1. The van der Waals surface area contributed by atoms with Gasteiger partial charge in [0.05, 0.1) is 24.5 Å². The number of hydrogen-bond donors (Lipinski definition) is 3. The molecule has 0 saturated heterocycles. The Balaban J connectivity index is 1.49. The number of benzene rings is 4. The molecule has 5 rings (SSSR count). The fourth-order valence-corrected chi connectivity index (χ4v) is 5.69. The van der Waals surface area contributed by atoms with Crippen LogP contribution < -0.4 is 25.8 Å². The van der Waals surface area contributed by atoms with Crippen molar-refractivity contribution in [2.24, 2.45) is 5.41 Å². The minimum atomic E-state index is -0.973. The first-order valence-corrected chi connectivity index (χ1v) is 16.2. The van der Waals surface area contributed by atoms with Crippen LogP contribution in [0.15, 0.2) is 109 Å². The predicted molar refractivity (Wildman–Crippen MR) is 193 cm³/mol. The van der Waals surface area contributed by atoms with Crippen LogP contribution in [0.1, 0.15) is 31.9 Å².